The van der Waals surface area contributed by atoms with Crippen molar-refractivity contribution in [3.63, 3.8) is 0 Å². The summed E-state index contributed by atoms with van der Waals surface area (Å²) >= 11 is 7.20. The summed E-state index contributed by atoms with van der Waals surface area (Å²) in [4.78, 5) is 40.7. The molecular weight excluding hydrogens is 579 g/mol. The van der Waals surface area contributed by atoms with Crippen LogP contribution in [0.2, 0.25) is 0 Å². The number of hydrogen-bond donors (Lipinski definition) is 2. The van der Waals surface area contributed by atoms with Crippen LogP contribution in [0.3, 0.4) is 0 Å². The Morgan fingerprint density at radius 3 is 2.76 bits per heavy atom. The van der Waals surface area contributed by atoms with E-state index in [0.717, 1.165) is 0 Å². The molecule has 5 rings (SSSR count). The van der Waals surface area contributed by atoms with Gasteiger partial charge in [-0.2, -0.15) is 0 Å². The minimum Gasteiger partial charge on any atom is -0.481 e. The minimum atomic E-state index is -0.864. The number of rotatable bonds is 9. The highest BCUT2D eigenvalue weighted by Gasteiger charge is 2.45. The van der Waals surface area contributed by atoms with Gasteiger partial charge in [0.1, 0.15) is 11.9 Å². The van der Waals surface area contributed by atoms with Crippen molar-refractivity contribution < 1.29 is 23.8 Å². The zero-order chi connectivity index (χ0) is 30.2. The number of carbonyl (C=O) groups excluding carboxylic acids is 1. The predicted octanol–water partition coefficient (Wildman–Crippen LogP) is 3.34. The number of carbonyl (C=O) groups is 2. The third-order valence-electron chi connectivity index (χ3n) is 7.99. The number of benzene rings is 1. The van der Waals surface area contributed by atoms with Crippen molar-refractivity contribution in [2.75, 3.05) is 39.3 Å². The standard InChI is InChI=1S/C29H35FN6O4S2/c1-5-40-27(39)23-21(16-34-10-11-35-18(14-34)15-36(28(35)41)29(3,4)13-22(37)38)32-25(26-31-9-12-42-26)33-24(23)19-7-6-8-20(30)17(19)2/h6-9,12,18,24H,5,10-11,13-16H2,1-4H3,(H,32,33)(H,37,38)/t18?,24-/m0/s1. The number of thiazole rings is 1. The van der Waals surface area contributed by atoms with E-state index < -0.39 is 23.5 Å². The van der Waals surface area contributed by atoms with Crippen LogP contribution >= 0.6 is 23.6 Å². The van der Waals surface area contributed by atoms with Crippen LogP contribution in [0.5, 0.6) is 0 Å². The van der Waals surface area contributed by atoms with Gasteiger partial charge in [0.15, 0.2) is 16.0 Å². The summed E-state index contributed by atoms with van der Waals surface area (Å²) in [6.45, 7) is 10.5. The molecular formula is C29H35FN6O4S2. The fraction of sp³-hybridized carbons (Fsp3) is 0.483. The van der Waals surface area contributed by atoms with E-state index in [1.54, 1.807) is 32.2 Å². The molecule has 0 aliphatic carbocycles. The Kier molecular flexibility index (Phi) is 8.63. The first-order valence-corrected chi connectivity index (χ1v) is 15.2. The molecule has 0 spiro atoms. The normalized spacial score (nSPS) is 21.3. The monoisotopic (exact) mass is 614 g/mol. The van der Waals surface area contributed by atoms with Gasteiger partial charge in [0, 0.05) is 55.5 Å². The summed E-state index contributed by atoms with van der Waals surface area (Å²) in [6.07, 6.45) is 1.67. The van der Waals surface area contributed by atoms with Gasteiger partial charge < -0.3 is 25.0 Å². The summed E-state index contributed by atoms with van der Waals surface area (Å²) in [5.74, 6) is -1.22. The first-order valence-electron chi connectivity index (χ1n) is 13.9. The molecule has 2 aromatic rings. The topological polar surface area (TPSA) is 111 Å². The van der Waals surface area contributed by atoms with Crippen LogP contribution in [0.1, 0.15) is 49.4 Å². The van der Waals surface area contributed by atoms with Gasteiger partial charge >= 0.3 is 11.9 Å². The molecule has 0 bridgehead atoms. The van der Waals surface area contributed by atoms with Crippen LogP contribution in [0.15, 0.2) is 46.0 Å². The Labute approximate surface area is 253 Å². The maximum absolute atomic E-state index is 14.7. The fourth-order valence-electron chi connectivity index (χ4n) is 5.87. The number of aliphatic carboxylic acids is 1. The van der Waals surface area contributed by atoms with E-state index in [9.17, 15) is 19.1 Å². The molecule has 3 aliphatic rings. The Morgan fingerprint density at radius 2 is 2.07 bits per heavy atom. The van der Waals surface area contributed by atoms with Crippen molar-refractivity contribution in [1.29, 1.82) is 0 Å². The van der Waals surface area contributed by atoms with Gasteiger partial charge in [-0.1, -0.05) is 12.1 Å². The summed E-state index contributed by atoms with van der Waals surface area (Å²) in [7, 11) is 0. The van der Waals surface area contributed by atoms with Crippen LogP contribution in [0, 0.1) is 12.7 Å². The second-order valence-electron chi connectivity index (χ2n) is 11.3. The zero-order valence-electron chi connectivity index (χ0n) is 24.1. The van der Waals surface area contributed by atoms with E-state index in [2.05, 4.69) is 20.1 Å². The smallest absolute Gasteiger partial charge is 0.338 e. The van der Waals surface area contributed by atoms with E-state index in [1.807, 2.05) is 24.1 Å². The molecule has 3 aliphatic heterocycles. The third kappa shape index (κ3) is 5.90. The fourth-order valence-corrected chi connectivity index (χ4v) is 7.02. The minimum absolute atomic E-state index is 0.0170. The molecule has 42 heavy (non-hydrogen) atoms. The molecule has 1 aromatic carbocycles. The van der Waals surface area contributed by atoms with Gasteiger partial charge in [0.05, 0.1) is 24.6 Å². The Hall–Kier alpha value is -3.42. The lowest BCUT2D eigenvalue weighted by Crippen LogP contribution is -2.53. The van der Waals surface area contributed by atoms with Crippen molar-refractivity contribution in [2.45, 2.75) is 51.7 Å². The third-order valence-corrected chi connectivity index (χ3v) is 9.23. The highest BCUT2D eigenvalue weighted by Crippen LogP contribution is 2.36. The lowest BCUT2D eigenvalue weighted by atomic mass is 9.92. The van der Waals surface area contributed by atoms with Crippen LogP contribution in [-0.2, 0) is 14.3 Å². The van der Waals surface area contributed by atoms with Crippen molar-refractivity contribution in [2.24, 2.45) is 4.99 Å². The van der Waals surface area contributed by atoms with Crippen molar-refractivity contribution in [3.8, 4) is 0 Å². The number of ether oxygens (including phenoxy) is 1. The summed E-state index contributed by atoms with van der Waals surface area (Å²) < 4.78 is 20.2. The Bertz CT molecular complexity index is 1440. The van der Waals surface area contributed by atoms with E-state index in [1.165, 1.54) is 17.4 Å². The van der Waals surface area contributed by atoms with E-state index in [0.29, 0.717) is 71.1 Å². The SMILES string of the molecule is CCOC(=O)C1=C(CN2CCN3C(=S)N(C(C)(C)CC(=O)O)CC3C2)NC(c2nccs2)=N[C@H]1c1cccc(F)c1C. The molecule has 2 fully saturated rings. The first-order chi connectivity index (χ1) is 20.0. The van der Waals surface area contributed by atoms with E-state index >= 15 is 0 Å². The van der Waals surface area contributed by atoms with Gasteiger partial charge in [-0.15, -0.1) is 11.3 Å². The van der Waals surface area contributed by atoms with Gasteiger partial charge in [-0.25, -0.2) is 14.2 Å². The van der Waals surface area contributed by atoms with Crippen molar-refractivity contribution >= 4 is 46.4 Å². The highest BCUT2D eigenvalue weighted by molar-refractivity contribution is 7.80. The van der Waals surface area contributed by atoms with E-state index in [-0.39, 0.29) is 24.9 Å². The number of carboxylic acid groups (broad SMARTS) is 1. The number of amidine groups is 1. The molecule has 2 N–H and O–H groups in total. The second kappa shape index (κ2) is 12.1. The molecule has 0 radical (unpaired) electrons. The number of thiocarbonyl (C=S) groups is 1. The van der Waals surface area contributed by atoms with Gasteiger partial charge in [0.25, 0.3) is 0 Å². The number of nitrogens with zero attached hydrogens (tertiary/aromatic N) is 5. The van der Waals surface area contributed by atoms with Crippen LogP contribution in [-0.4, -0.2) is 98.6 Å². The summed E-state index contributed by atoms with van der Waals surface area (Å²) in [6, 6.07) is 4.11. The number of fused-ring (bicyclic) bond motifs is 1. The van der Waals surface area contributed by atoms with Crippen LogP contribution in [0.25, 0.3) is 0 Å². The Balaban J connectivity index is 1.47. The zero-order valence-corrected chi connectivity index (χ0v) is 25.7. The average molecular weight is 615 g/mol. The molecule has 2 saturated heterocycles. The number of esters is 1. The number of carboxylic acids is 1. The molecule has 13 heteroatoms. The molecule has 0 amide bonds. The quantitative estimate of drug-likeness (QED) is 0.322. The lowest BCUT2D eigenvalue weighted by molar-refractivity contribution is -0.140. The first kappa shape index (κ1) is 30.1. The molecule has 4 heterocycles. The van der Waals surface area contributed by atoms with Crippen molar-refractivity contribution in [1.82, 2.24) is 25.0 Å². The van der Waals surface area contributed by atoms with Crippen LogP contribution in [0.4, 0.5) is 4.39 Å². The van der Waals surface area contributed by atoms with Gasteiger partial charge in [-0.3, -0.25) is 14.7 Å². The summed E-state index contributed by atoms with van der Waals surface area (Å²) in [5.41, 5.74) is 1.38. The number of aromatic nitrogens is 1. The van der Waals surface area contributed by atoms with Gasteiger partial charge in [-0.05, 0) is 57.1 Å². The molecule has 1 unspecified atom stereocenters. The van der Waals surface area contributed by atoms with Crippen molar-refractivity contribution in [3.05, 3.63) is 63.0 Å². The molecule has 0 saturated carbocycles. The second-order valence-corrected chi connectivity index (χ2v) is 12.5. The predicted molar refractivity (Wildman–Crippen MR) is 162 cm³/mol. The lowest BCUT2D eigenvalue weighted by Gasteiger charge is -2.39. The Morgan fingerprint density at radius 1 is 1.29 bits per heavy atom. The molecule has 10 nitrogen and oxygen atoms in total. The number of nitrogens with one attached hydrogen (secondary N) is 1. The average Bonchev–Trinajstić information content (AvgIpc) is 3.58. The number of piperazine rings is 1. The molecule has 2 atom stereocenters. The molecule has 1 aromatic heterocycles. The maximum atomic E-state index is 14.7. The van der Waals surface area contributed by atoms with E-state index in [4.69, 9.17) is 21.9 Å². The number of hydrogen-bond acceptors (Lipinski definition) is 9. The molecule has 224 valence electrons. The highest BCUT2D eigenvalue weighted by atomic mass is 32.1. The van der Waals surface area contributed by atoms with Crippen LogP contribution < -0.4 is 5.32 Å². The largest absolute Gasteiger partial charge is 0.481 e. The summed E-state index contributed by atoms with van der Waals surface area (Å²) in [5, 5.41) is 16.0. The number of aliphatic imine (C=N–C) groups is 1. The maximum Gasteiger partial charge on any atom is 0.338 e. The van der Waals surface area contributed by atoms with Gasteiger partial charge in [0.2, 0.25) is 0 Å². The number of halogens is 1.